The minimum absolute atomic E-state index is 0.0570. The lowest BCUT2D eigenvalue weighted by Crippen LogP contribution is -2.45. The van der Waals surface area contributed by atoms with Gasteiger partial charge in [-0.2, -0.15) is 10.1 Å². The molecule has 6 atom stereocenters. The van der Waals surface area contributed by atoms with Crippen LogP contribution in [0.4, 0.5) is 10.2 Å². The molecule has 0 amide bonds. The lowest BCUT2D eigenvalue weighted by Gasteiger charge is -2.28. The van der Waals surface area contributed by atoms with Crippen LogP contribution in [0.2, 0.25) is 0 Å². The highest BCUT2D eigenvalue weighted by Gasteiger charge is 2.55. The van der Waals surface area contributed by atoms with E-state index in [4.69, 9.17) is 25.0 Å². The fraction of sp³-hybridized carbons (Fsp3) is 0.450. The first-order chi connectivity index (χ1) is 17.4. The van der Waals surface area contributed by atoms with E-state index < -0.39 is 61.8 Å². The first kappa shape index (κ1) is 28.1. The summed E-state index contributed by atoms with van der Waals surface area (Å²) in [7, 11) is -3.26. The van der Waals surface area contributed by atoms with Crippen molar-refractivity contribution in [3.63, 3.8) is 0 Å². The summed E-state index contributed by atoms with van der Waals surface area (Å²) in [4.78, 5) is 30.6. The Morgan fingerprint density at radius 3 is 2.73 bits per heavy atom. The van der Waals surface area contributed by atoms with E-state index in [1.54, 1.807) is 0 Å². The number of benzene rings is 1. The van der Waals surface area contributed by atoms with Crippen LogP contribution in [0.1, 0.15) is 20.1 Å². The SMILES string of the molecule is COC(=O)[C@H](C)NP(=O)(OC[C@H]1OC(n2ccc(N)nc2=O)[C@](C)(N=[N+]=[N-])[C@@H]1O)Oc1ccc(F)cc1. The monoisotopic (exact) mass is 541 g/mol. The average molecular weight is 541 g/mol. The molecule has 0 bridgehead atoms. The van der Waals surface area contributed by atoms with Gasteiger partial charge in [-0.05, 0) is 49.7 Å². The van der Waals surface area contributed by atoms with Gasteiger partial charge in [0, 0.05) is 11.1 Å². The number of nitrogen functional groups attached to an aromatic ring is 1. The zero-order valence-corrected chi connectivity index (χ0v) is 20.8. The molecular formula is C20H25FN7O8P. The van der Waals surface area contributed by atoms with Gasteiger partial charge < -0.3 is 24.8 Å². The van der Waals surface area contributed by atoms with E-state index in [1.807, 2.05) is 0 Å². The van der Waals surface area contributed by atoms with Gasteiger partial charge in [0.2, 0.25) is 0 Å². The van der Waals surface area contributed by atoms with Gasteiger partial charge in [-0.3, -0.25) is 13.9 Å². The number of hydrogen-bond acceptors (Lipinski definition) is 11. The molecule has 0 aliphatic carbocycles. The van der Waals surface area contributed by atoms with Gasteiger partial charge in [-0.25, -0.2) is 13.8 Å². The Kier molecular flexibility index (Phi) is 8.53. The van der Waals surface area contributed by atoms with Crippen molar-refractivity contribution in [1.29, 1.82) is 0 Å². The third kappa shape index (κ3) is 6.25. The van der Waals surface area contributed by atoms with Crippen LogP contribution in [0.15, 0.2) is 46.4 Å². The van der Waals surface area contributed by atoms with Crippen molar-refractivity contribution >= 4 is 19.5 Å². The van der Waals surface area contributed by atoms with Crippen molar-refractivity contribution in [2.75, 3.05) is 19.5 Å². The second-order valence-electron chi connectivity index (χ2n) is 8.14. The molecule has 0 spiro atoms. The van der Waals surface area contributed by atoms with Crippen molar-refractivity contribution in [1.82, 2.24) is 14.6 Å². The van der Waals surface area contributed by atoms with E-state index in [9.17, 15) is 23.7 Å². The summed E-state index contributed by atoms with van der Waals surface area (Å²) in [5.74, 6) is -1.47. The molecule has 200 valence electrons. The number of carbonyl (C=O) groups excluding carboxylic acids is 1. The molecule has 1 fully saturated rings. The third-order valence-corrected chi connectivity index (χ3v) is 7.12. The van der Waals surface area contributed by atoms with Gasteiger partial charge in [0.1, 0.15) is 35.1 Å². The highest BCUT2D eigenvalue weighted by atomic mass is 31.2. The Morgan fingerprint density at radius 2 is 2.14 bits per heavy atom. The first-order valence-corrected chi connectivity index (χ1v) is 12.3. The van der Waals surface area contributed by atoms with Crippen LogP contribution < -0.4 is 21.0 Å². The molecule has 4 N–H and O–H groups in total. The molecule has 17 heteroatoms. The zero-order chi connectivity index (χ0) is 27.4. The van der Waals surface area contributed by atoms with Crippen LogP contribution in [0, 0.1) is 5.82 Å². The maximum absolute atomic E-state index is 13.5. The summed E-state index contributed by atoms with van der Waals surface area (Å²) in [6, 6.07) is 4.63. The number of nitrogens with two attached hydrogens (primary N) is 1. The zero-order valence-electron chi connectivity index (χ0n) is 19.9. The second-order valence-corrected chi connectivity index (χ2v) is 9.84. The molecule has 1 aliphatic rings. The van der Waals surface area contributed by atoms with Crippen LogP contribution in [-0.4, -0.2) is 58.1 Å². The van der Waals surface area contributed by atoms with Crippen molar-refractivity contribution in [3.8, 4) is 5.75 Å². The molecule has 15 nitrogen and oxygen atoms in total. The molecule has 0 radical (unpaired) electrons. The molecule has 2 heterocycles. The lowest BCUT2D eigenvalue weighted by molar-refractivity contribution is -0.142. The minimum Gasteiger partial charge on any atom is -0.468 e. The Morgan fingerprint density at radius 1 is 1.46 bits per heavy atom. The molecule has 1 aliphatic heterocycles. The largest absolute Gasteiger partial charge is 0.468 e. The number of anilines is 1. The lowest BCUT2D eigenvalue weighted by atomic mass is 9.93. The number of rotatable bonds is 10. The average Bonchev–Trinajstić information content (AvgIpc) is 3.09. The van der Waals surface area contributed by atoms with Crippen LogP contribution in [-0.2, 0) is 23.4 Å². The fourth-order valence-electron chi connectivity index (χ4n) is 3.55. The number of methoxy groups -OCH3 is 1. The predicted octanol–water partition coefficient (Wildman–Crippen LogP) is 1.65. The molecule has 1 saturated heterocycles. The summed E-state index contributed by atoms with van der Waals surface area (Å²) in [6.07, 6.45) is -2.95. The molecule has 37 heavy (non-hydrogen) atoms. The highest BCUT2D eigenvalue weighted by molar-refractivity contribution is 7.52. The van der Waals surface area contributed by atoms with E-state index in [1.165, 1.54) is 38.2 Å². The Labute approximate surface area is 209 Å². The Balaban J connectivity index is 1.88. The number of hydrogen-bond donors (Lipinski definition) is 3. The number of halogens is 1. The fourth-order valence-corrected chi connectivity index (χ4v) is 5.05. The van der Waals surface area contributed by atoms with Crippen LogP contribution in [0.3, 0.4) is 0 Å². The van der Waals surface area contributed by atoms with Crippen molar-refractivity contribution in [2.24, 2.45) is 5.11 Å². The van der Waals surface area contributed by atoms with Crippen LogP contribution >= 0.6 is 7.75 Å². The summed E-state index contributed by atoms with van der Waals surface area (Å²) in [5, 5.41) is 17.0. The first-order valence-electron chi connectivity index (χ1n) is 10.7. The number of carbonyl (C=O) groups is 1. The summed E-state index contributed by atoms with van der Waals surface area (Å²) < 4.78 is 49.1. The Bertz CT molecular complexity index is 1290. The number of nitrogens with one attached hydrogen (secondary N) is 1. The predicted molar refractivity (Wildman–Crippen MR) is 126 cm³/mol. The molecule has 2 unspecified atom stereocenters. The van der Waals surface area contributed by atoms with Gasteiger partial charge >= 0.3 is 19.4 Å². The number of esters is 1. The number of ether oxygens (including phenoxy) is 2. The van der Waals surface area contributed by atoms with Crippen molar-refractivity contribution in [3.05, 3.63) is 63.3 Å². The van der Waals surface area contributed by atoms with Gasteiger partial charge in [-0.1, -0.05) is 5.11 Å². The van der Waals surface area contributed by atoms with E-state index >= 15 is 0 Å². The second kappa shape index (κ2) is 11.3. The quantitative estimate of drug-likeness (QED) is 0.129. The number of nitrogens with zero attached hydrogens (tertiary/aromatic N) is 5. The normalized spacial score (nSPS) is 25.5. The van der Waals surface area contributed by atoms with E-state index in [-0.39, 0.29) is 11.6 Å². The molecule has 2 aromatic rings. The Hall–Kier alpha value is -3.52. The molecule has 3 rings (SSSR count). The molecule has 1 aromatic carbocycles. The van der Waals surface area contributed by atoms with E-state index in [0.29, 0.717) is 0 Å². The smallest absolute Gasteiger partial charge is 0.459 e. The maximum Gasteiger partial charge on any atom is 0.459 e. The maximum atomic E-state index is 13.5. The standard InChI is InChI=1S/C20H25FN7O8P/c1-11(17(30)33-3)25-37(32,36-13-6-4-12(21)5-7-13)34-10-14-16(29)20(2,26-27-23)18(35-14)28-9-8-15(22)24-19(28)31/h4-9,11,14,16,18,29H,10H2,1-3H3,(H,25,32)(H2,22,24,31)/t11-,14+,16+,18?,20+,37?/m0/s1. The number of aliphatic hydroxyl groups is 1. The summed E-state index contributed by atoms with van der Waals surface area (Å²) in [6.45, 7) is 2.06. The van der Waals surface area contributed by atoms with Crippen molar-refractivity contribution in [2.45, 2.75) is 43.9 Å². The van der Waals surface area contributed by atoms with E-state index in [2.05, 4.69) is 24.8 Å². The minimum atomic E-state index is -4.39. The highest BCUT2D eigenvalue weighted by Crippen LogP contribution is 2.47. The molecular weight excluding hydrogens is 516 g/mol. The van der Waals surface area contributed by atoms with E-state index in [0.717, 1.165) is 23.8 Å². The topological polar surface area (TPSA) is 213 Å². The summed E-state index contributed by atoms with van der Waals surface area (Å²) >= 11 is 0. The summed E-state index contributed by atoms with van der Waals surface area (Å²) in [5.41, 5.74) is 12.0. The van der Waals surface area contributed by atoms with Crippen LogP contribution in [0.25, 0.3) is 10.4 Å². The van der Waals surface area contributed by atoms with Gasteiger partial charge in [0.15, 0.2) is 6.23 Å². The number of aromatic nitrogens is 2. The third-order valence-electron chi connectivity index (χ3n) is 5.47. The number of azide groups is 1. The van der Waals surface area contributed by atoms with Crippen molar-refractivity contribution < 1.29 is 37.4 Å². The van der Waals surface area contributed by atoms with Crippen LogP contribution in [0.5, 0.6) is 5.75 Å². The van der Waals surface area contributed by atoms with Gasteiger partial charge in [-0.15, -0.1) is 0 Å². The molecule has 0 saturated carbocycles. The van der Waals surface area contributed by atoms with Gasteiger partial charge in [0.05, 0.1) is 19.8 Å². The van der Waals surface area contributed by atoms with Gasteiger partial charge in [0.25, 0.3) is 0 Å². The number of aliphatic hydroxyl groups excluding tert-OH is 1. The molecule has 1 aromatic heterocycles.